The molecule has 0 bridgehead atoms. The second-order valence-electron chi connectivity index (χ2n) is 8.60. The smallest absolute Gasteiger partial charge is 0.256 e. The van der Waals surface area contributed by atoms with Gasteiger partial charge in [-0.1, -0.05) is 12.1 Å². The van der Waals surface area contributed by atoms with Gasteiger partial charge in [-0.25, -0.2) is 19.9 Å². The third kappa shape index (κ3) is 5.33. The minimum absolute atomic E-state index is 0.202. The second kappa shape index (κ2) is 10.4. The summed E-state index contributed by atoms with van der Waals surface area (Å²) in [5.74, 6) is 1.06. The second-order valence-corrected chi connectivity index (χ2v) is 8.60. The van der Waals surface area contributed by atoms with Crippen molar-refractivity contribution in [3.63, 3.8) is 0 Å². The molecule has 0 unspecified atom stereocenters. The van der Waals surface area contributed by atoms with Crippen LogP contribution in [0.4, 0.5) is 17.3 Å². The lowest BCUT2D eigenvalue weighted by Crippen LogP contribution is -2.21. The summed E-state index contributed by atoms with van der Waals surface area (Å²) in [6, 6.07) is 15.2. The van der Waals surface area contributed by atoms with E-state index in [4.69, 9.17) is 0 Å². The first kappa shape index (κ1) is 22.6. The fraction of sp³-hybridized carbons (Fsp3) is 0.222. The van der Waals surface area contributed by atoms with Gasteiger partial charge >= 0.3 is 0 Å². The molecule has 1 saturated heterocycles. The summed E-state index contributed by atoms with van der Waals surface area (Å²) >= 11 is 0. The van der Waals surface area contributed by atoms with E-state index in [2.05, 4.69) is 35.5 Å². The normalized spacial score (nSPS) is 13.5. The number of carbonyl (C=O) groups excluding carboxylic acids is 1. The highest BCUT2D eigenvalue weighted by Crippen LogP contribution is 2.29. The number of anilines is 3. The number of likely N-dealkylation sites (tertiary alicyclic amines) is 1. The SMILES string of the molecule is Cc1ccc(C(=O)Nc2ncccc2CN2CCCC2)cc1Nc1ncccc1-c1ccncn1. The van der Waals surface area contributed by atoms with Crippen LogP contribution in [0.1, 0.15) is 34.3 Å². The van der Waals surface area contributed by atoms with Gasteiger partial charge in [-0.05, 0) is 74.8 Å². The zero-order chi connectivity index (χ0) is 24.0. The Hall–Kier alpha value is -4.17. The lowest BCUT2D eigenvalue weighted by molar-refractivity contribution is 0.102. The van der Waals surface area contributed by atoms with Gasteiger partial charge in [-0.3, -0.25) is 9.69 Å². The maximum atomic E-state index is 13.2. The number of hydrogen-bond donors (Lipinski definition) is 2. The average Bonchev–Trinajstić information content (AvgIpc) is 3.40. The van der Waals surface area contributed by atoms with Crippen LogP contribution in [0, 0.1) is 6.92 Å². The lowest BCUT2D eigenvalue weighted by atomic mass is 10.1. The summed E-state index contributed by atoms with van der Waals surface area (Å²) in [7, 11) is 0. The third-order valence-corrected chi connectivity index (χ3v) is 6.13. The first-order valence-corrected chi connectivity index (χ1v) is 11.7. The molecule has 1 fully saturated rings. The van der Waals surface area contributed by atoms with Crippen molar-refractivity contribution in [3.8, 4) is 11.3 Å². The molecule has 2 N–H and O–H groups in total. The summed E-state index contributed by atoms with van der Waals surface area (Å²) in [6.45, 7) is 4.94. The monoisotopic (exact) mass is 465 g/mol. The largest absolute Gasteiger partial charge is 0.339 e. The van der Waals surface area contributed by atoms with Crippen molar-refractivity contribution in [3.05, 3.63) is 90.1 Å². The number of benzene rings is 1. The molecule has 1 aliphatic rings. The van der Waals surface area contributed by atoms with Gasteiger partial charge in [0.1, 0.15) is 18.0 Å². The Morgan fingerprint density at radius 1 is 0.943 bits per heavy atom. The van der Waals surface area contributed by atoms with Crippen molar-refractivity contribution in [1.82, 2.24) is 24.8 Å². The zero-order valence-electron chi connectivity index (χ0n) is 19.6. The molecule has 4 aromatic rings. The van der Waals surface area contributed by atoms with E-state index in [-0.39, 0.29) is 5.91 Å². The number of hydrogen-bond acceptors (Lipinski definition) is 7. The number of carbonyl (C=O) groups is 1. The number of aromatic nitrogens is 4. The van der Waals surface area contributed by atoms with Crippen LogP contribution in [0.2, 0.25) is 0 Å². The summed E-state index contributed by atoms with van der Waals surface area (Å²) in [6.07, 6.45) is 9.08. The van der Waals surface area contributed by atoms with Crippen LogP contribution in [0.15, 0.2) is 73.4 Å². The summed E-state index contributed by atoms with van der Waals surface area (Å²) in [5.41, 5.74) is 4.97. The molecular weight excluding hydrogens is 438 g/mol. The van der Waals surface area contributed by atoms with Crippen LogP contribution >= 0.6 is 0 Å². The van der Waals surface area contributed by atoms with E-state index in [0.29, 0.717) is 17.2 Å². The number of amides is 1. The quantitative estimate of drug-likeness (QED) is 0.403. The Labute approximate surface area is 204 Å². The average molecular weight is 466 g/mol. The number of nitrogens with zero attached hydrogens (tertiary/aromatic N) is 5. The van der Waals surface area contributed by atoms with Crippen molar-refractivity contribution in [2.75, 3.05) is 23.7 Å². The minimum Gasteiger partial charge on any atom is -0.339 e. The standard InChI is InChI=1S/C27H27N7O/c1-19-8-9-20(27(35)33-25-21(6-4-11-29-25)17-34-14-2-3-15-34)16-24(19)32-26-22(7-5-12-30-26)23-10-13-28-18-31-23/h4-13,16,18H,2-3,14-15,17H2,1H3,(H,30,32)(H,29,33,35). The minimum atomic E-state index is -0.202. The van der Waals surface area contributed by atoms with E-state index in [9.17, 15) is 4.79 Å². The van der Waals surface area contributed by atoms with Crippen molar-refractivity contribution in [2.24, 2.45) is 0 Å². The summed E-state index contributed by atoms with van der Waals surface area (Å²) in [5, 5.41) is 6.40. The van der Waals surface area contributed by atoms with E-state index in [1.165, 1.54) is 19.2 Å². The first-order chi connectivity index (χ1) is 17.2. The molecule has 5 rings (SSSR count). The van der Waals surface area contributed by atoms with Crippen molar-refractivity contribution >= 4 is 23.2 Å². The highest BCUT2D eigenvalue weighted by molar-refractivity contribution is 6.05. The van der Waals surface area contributed by atoms with E-state index in [1.54, 1.807) is 18.6 Å². The maximum Gasteiger partial charge on any atom is 0.256 e. The molecule has 8 heteroatoms. The fourth-order valence-corrected chi connectivity index (χ4v) is 4.23. The molecule has 0 saturated carbocycles. The lowest BCUT2D eigenvalue weighted by Gasteiger charge is -2.17. The Balaban J connectivity index is 1.37. The van der Waals surface area contributed by atoms with Crippen molar-refractivity contribution in [1.29, 1.82) is 0 Å². The highest BCUT2D eigenvalue weighted by Gasteiger charge is 2.17. The molecular formula is C27H27N7O. The highest BCUT2D eigenvalue weighted by atomic mass is 16.1. The fourth-order valence-electron chi connectivity index (χ4n) is 4.23. The Kier molecular flexibility index (Phi) is 6.72. The van der Waals surface area contributed by atoms with Gasteiger partial charge in [0.2, 0.25) is 0 Å². The van der Waals surface area contributed by atoms with Crippen molar-refractivity contribution < 1.29 is 4.79 Å². The van der Waals surface area contributed by atoms with Gasteiger partial charge in [0.15, 0.2) is 0 Å². The van der Waals surface area contributed by atoms with E-state index in [1.807, 2.05) is 55.5 Å². The van der Waals surface area contributed by atoms with E-state index >= 15 is 0 Å². The molecule has 0 aliphatic carbocycles. The maximum absolute atomic E-state index is 13.2. The van der Waals surface area contributed by atoms with Gasteiger partial charge in [0.25, 0.3) is 5.91 Å². The van der Waals surface area contributed by atoms with Gasteiger partial charge in [-0.2, -0.15) is 0 Å². The number of aryl methyl sites for hydroxylation is 1. The summed E-state index contributed by atoms with van der Waals surface area (Å²) < 4.78 is 0. The molecule has 3 aromatic heterocycles. The van der Waals surface area contributed by atoms with Crippen LogP contribution in [0.25, 0.3) is 11.3 Å². The molecule has 0 radical (unpaired) electrons. The molecule has 8 nitrogen and oxygen atoms in total. The van der Waals surface area contributed by atoms with E-state index < -0.39 is 0 Å². The molecule has 1 amide bonds. The molecule has 1 aliphatic heterocycles. The number of rotatable bonds is 7. The molecule has 1 aromatic carbocycles. The number of nitrogens with one attached hydrogen (secondary N) is 2. The first-order valence-electron chi connectivity index (χ1n) is 11.7. The molecule has 0 atom stereocenters. The van der Waals surface area contributed by atoms with Crippen LogP contribution in [-0.4, -0.2) is 43.8 Å². The van der Waals surface area contributed by atoms with Crippen LogP contribution in [-0.2, 0) is 6.54 Å². The van der Waals surface area contributed by atoms with Crippen LogP contribution < -0.4 is 10.6 Å². The van der Waals surface area contributed by atoms with Crippen molar-refractivity contribution in [2.45, 2.75) is 26.3 Å². The molecule has 35 heavy (non-hydrogen) atoms. The molecule has 4 heterocycles. The Morgan fingerprint density at radius 2 is 1.74 bits per heavy atom. The summed E-state index contributed by atoms with van der Waals surface area (Å²) in [4.78, 5) is 32.9. The molecule has 0 spiro atoms. The Morgan fingerprint density at radius 3 is 2.54 bits per heavy atom. The Bertz CT molecular complexity index is 1320. The topological polar surface area (TPSA) is 95.9 Å². The van der Waals surface area contributed by atoms with Crippen LogP contribution in [0.5, 0.6) is 0 Å². The predicted molar refractivity (Wildman–Crippen MR) is 136 cm³/mol. The van der Waals surface area contributed by atoms with Gasteiger partial charge in [0, 0.05) is 47.5 Å². The zero-order valence-corrected chi connectivity index (χ0v) is 19.6. The van der Waals surface area contributed by atoms with E-state index in [0.717, 1.165) is 47.7 Å². The third-order valence-electron chi connectivity index (χ3n) is 6.13. The van der Waals surface area contributed by atoms with Crippen LogP contribution in [0.3, 0.4) is 0 Å². The predicted octanol–water partition coefficient (Wildman–Crippen LogP) is 4.83. The van der Waals surface area contributed by atoms with Gasteiger partial charge in [0.05, 0.1) is 5.69 Å². The molecule has 176 valence electrons. The van der Waals surface area contributed by atoms with Gasteiger partial charge < -0.3 is 10.6 Å². The number of pyridine rings is 2. The van der Waals surface area contributed by atoms with Gasteiger partial charge in [-0.15, -0.1) is 0 Å².